The monoisotopic (exact) mass is 252 g/mol. The summed E-state index contributed by atoms with van der Waals surface area (Å²) < 4.78 is 1.76. The summed E-state index contributed by atoms with van der Waals surface area (Å²) in [6, 6.07) is 14.5. The molecule has 0 aliphatic heterocycles. The van der Waals surface area contributed by atoms with Crippen molar-refractivity contribution in [2.75, 3.05) is 0 Å². The minimum Gasteiger partial charge on any atom is -0.320 e. The molecular weight excluding hydrogens is 236 g/mol. The second kappa shape index (κ2) is 4.17. The Bertz CT molecular complexity index is 722. The molecule has 0 saturated heterocycles. The van der Waals surface area contributed by atoms with Crippen molar-refractivity contribution < 1.29 is 0 Å². The van der Waals surface area contributed by atoms with Crippen molar-refractivity contribution in [2.45, 2.75) is 19.4 Å². The molecule has 0 atom stereocenters. The first-order valence-corrected chi connectivity index (χ1v) is 6.25. The van der Waals surface area contributed by atoms with E-state index in [1.54, 1.807) is 4.68 Å². The van der Waals surface area contributed by atoms with Crippen LogP contribution >= 0.6 is 0 Å². The van der Waals surface area contributed by atoms with Gasteiger partial charge in [-0.25, -0.2) is 4.68 Å². The third kappa shape index (κ3) is 2.22. The molecule has 0 amide bonds. The Balaban J connectivity index is 2.07. The lowest BCUT2D eigenvalue weighted by molar-refractivity contribution is 0.533. The zero-order valence-electron chi connectivity index (χ0n) is 11.0. The molecular formula is C15H16N4. The van der Waals surface area contributed by atoms with E-state index in [1.165, 1.54) is 10.8 Å². The van der Waals surface area contributed by atoms with Crippen molar-refractivity contribution in [3.63, 3.8) is 0 Å². The highest BCUT2D eigenvalue weighted by molar-refractivity contribution is 5.84. The van der Waals surface area contributed by atoms with Crippen LogP contribution in [0.1, 0.15) is 19.5 Å². The first kappa shape index (κ1) is 11.9. The quantitative estimate of drug-likeness (QED) is 0.762. The van der Waals surface area contributed by atoms with Gasteiger partial charge in [0.25, 0.3) is 0 Å². The molecule has 0 saturated carbocycles. The van der Waals surface area contributed by atoms with Gasteiger partial charge >= 0.3 is 0 Å². The summed E-state index contributed by atoms with van der Waals surface area (Å²) in [6.45, 7) is 3.84. The molecule has 2 aromatic carbocycles. The van der Waals surface area contributed by atoms with Crippen LogP contribution in [0.4, 0.5) is 0 Å². The summed E-state index contributed by atoms with van der Waals surface area (Å²) in [7, 11) is 0. The number of hydrogen-bond donors (Lipinski definition) is 1. The summed E-state index contributed by atoms with van der Waals surface area (Å²) in [5.41, 5.74) is 7.31. The minimum absolute atomic E-state index is 0.477. The molecule has 0 unspecified atom stereocenters. The second-order valence-electron chi connectivity index (χ2n) is 5.30. The zero-order chi connectivity index (χ0) is 13.5. The van der Waals surface area contributed by atoms with Gasteiger partial charge in [-0.05, 0) is 36.8 Å². The van der Waals surface area contributed by atoms with Gasteiger partial charge in [-0.15, -0.1) is 5.10 Å². The predicted molar refractivity (Wildman–Crippen MR) is 76.1 cm³/mol. The van der Waals surface area contributed by atoms with Crippen LogP contribution in [0.2, 0.25) is 0 Å². The van der Waals surface area contributed by atoms with Gasteiger partial charge in [0.1, 0.15) is 5.69 Å². The van der Waals surface area contributed by atoms with E-state index in [1.807, 2.05) is 38.2 Å². The third-order valence-electron chi connectivity index (χ3n) is 3.15. The van der Waals surface area contributed by atoms with E-state index < -0.39 is 5.54 Å². The highest BCUT2D eigenvalue weighted by Gasteiger charge is 2.18. The molecule has 1 aromatic heterocycles. The van der Waals surface area contributed by atoms with Crippen molar-refractivity contribution in [1.29, 1.82) is 0 Å². The number of aromatic nitrogens is 3. The van der Waals surface area contributed by atoms with E-state index in [4.69, 9.17) is 5.73 Å². The van der Waals surface area contributed by atoms with Crippen LogP contribution in [-0.4, -0.2) is 15.0 Å². The molecule has 19 heavy (non-hydrogen) atoms. The fourth-order valence-corrected chi connectivity index (χ4v) is 2.00. The van der Waals surface area contributed by atoms with Crippen molar-refractivity contribution >= 4 is 10.8 Å². The number of nitrogens with zero attached hydrogens (tertiary/aromatic N) is 3. The Labute approximate surface area is 111 Å². The molecule has 0 aliphatic rings. The molecule has 0 fully saturated rings. The van der Waals surface area contributed by atoms with Crippen LogP contribution in [-0.2, 0) is 5.54 Å². The Morgan fingerprint density at radius 1 is 1.05 bits per heavy atom. The van der Waals surface area contributed by atoms with E-state index in [0.29, 0.717) is 0 Å². The van der Waals surface area contributed by atoms with Gasteiger partial charge in [0.15, 0.2) is 0 Å². The predicted octanol–water partition coefficient (Wildman–Crippen LogP) is 2.61. The fraction of sp³-hybridized carbons (Fsp3) is 0.200. The molecule has 0 spiro atoms. The molecule has 0 aliphatic carbocycles. The SMILES string of the molecule is CC(C)(N)c1cn(-c2ccc3ccccc3c2)nn1. The summed E-state index contributed by atoms with van der Waals surface area (Å²) in [4.78, 5) is 0. The maximum atomic E-state index is 6.02. The highest BCUT2D eigenvalue weighted by Crippen LogP contribution is 2.19. The second-order valence-corrected chi connectivity index (χ2v) is 5.30. The standard InChI is InChI=1S/C15H16N4/c1-15(2,16)14-10-19(18-17-14)13-8-7-11-5-3-4-6-12(11)9-13/h3-10H,16H2,1-2H3. The van der Waals surface area contributed by atoms with Crippen LogP contribution in [0, 0.1) is 0 Å². The smallest absolute Gasteiger partial charge is 0.102 e. The van der Waals surface area contributed by atoms with Gasteiger partial charge in [0.05, 0.1) is 17.4 Å². The number of hydrogen-bond acceptors (Lipinski definition) is 3. The molecule has 0 radical (unpaired) electrons. The molecule has 0 bridgehead atoms. The largest absolute Gasteiger partial charge is 0.320 e. The Kier molecular flexibility index (Phi) is 2.61. The normalized spacial score (nSPS) is 11.9. The van der Waals surface area contributed by atoms with Gasteiger partial charge in [-0.2, -0.15) is 0 Å². The summed E-state index contributed by atoms with van der Waals surface area (Å²) >= 11 is 0. The molecule has 3 aromatic rings. The van der Waals surface area contributed by atoms with Gasteiger partial charge in [0.2, 0.25) is 0 Å². The first-order valence-electron chi connectivity index (χ1n) is 6.25. The Morgan fingerprint density at radius 2 is 1.79 bits per heavy atom. The van der Waals surface area contributed by atoms with Crippen molar-refractivity contribution in [3.8, 4) is 5.69 Å². The van der Waals surface area contributed by atoms with Crippen LogP contribution in [0.5, 0.6) is 0 Å². The maximum absolute atomic E-state index is 6.02. The molecule has 96 valence electrons. The van der Waals surface area contributed by atoms with E-state index in [0.717, 1.165) is 11.4 Å². The fourth-order valence-electron chi connectivity index (χ4n) is 2.00. The van der Waals surface area contributed by atoms with E-state index in [-0.39, 0.29) is 0 Å². The van der Waals surface area contributed by atoms with Crippen LogP contribution in [0.15, 0.2) is 48.7 Å². The summed E-state index contributed by atoms with van der Waals surface area (Å²) in [6.07, 6.45) is 1.88. The van der Waals surface area contributed by atoms with E-state index in [9.17, 15) is 0 Å². The average molecular weight is 252 g/mol. The van der Waals surface area contributed by atoms with Crippen molar-refractivity contribution in [1.82, 2.24) is 15.0 Å². The van der Waals surface area contributed by atoms with Gasteiger partial charge in [-0.3, -0.25) is 0 Å². The lowest BCUT2D eigenvalue weighted by atomic mass is 10.0. The van der Waals surface area contributed by atoms with Crippen molar-refractivity contribution in [3.05, 3.63) is 54.4 Å². The highest BCUT2D eigenvalue weighted by atomic mass is 15.4. The first-order chi connectivity index (χ1) is 9.04. The van der Waals surface area contributed by atoms with Gasteiger partial charge < -0.3 is 5.73 Å². The van der Waals surface area contributed by atoms with Crippen LogP contribution in [0.3, 0.4) is 0 Å². The molecule has 3 rings (SSSR count). The molecule has 4 heteroatoms. The summed E-state index contributed by atoms with van der Waals surface area (Å²) in [5, 5.41) is 10.7. The van der Waals surface area contributed by atoms with Crippen molar-refractivity contribution in [2.24, 2.45) is 5.73 Å². The zero-order valence-corrected chi connectivity index (χ0v) is 11.0. The third-order valence-corrected chi connectivity index (χ3v) is 3.15. The number of nitrogens with two attached hydrogens (primary N) is 1. The lowest BCUT2D eigenvalue weighted by Crippen LogP contribution is -2.29. The molecule has 4 nitrogen and oxygen atoms in total. The molecule has 2 N–H and O–H groups in total. The number of fused-ring (bicyclic) bond motifs is 1. The van der Waals surface area contributed by atoms with E-state index in [2.05, 4.69) is 34.6 Å². The topological polar surface area (TPSA) is 56.7 Å². The minimum atomic E-state index is -0.477. The summed E-state index contributed by atoms with van der Waals surface area (Å²) in [5.74, 6) is 0. The lowest BCUT2D eigenvalue weighted by Gasteiger charge is -2.13. The van der Waals surface area contributed by atoms with Gasteiger partial charge in [0, 0.05) is 0 Å². The van der Waals surface area contributed by atoms with Gasteiger partial charge in [-0.1, -0.05) is 35.5 Å². The number of benzene rings is 2. The van der Waals surface area contributed by atoms with E-state index >= 15 is 0 Å². The Morgan fingerprint density at radius 3 is 2.47 bits per heavy atom. The van der Waals surface area contributed by atoms with Crippen LogP contribution < -0.4 is 5.73 Å². The Hall–Kier alpha value is -2.20. The molecule has 1 heterocycles. The number of rotatable bonds is 2. The average Bonchev–Trinajstić information content (AvgIpc) is 2.87. The maximum Gasteiger partial charge on any atom is 0.102 e. The van der Waals surface area contributed by atoms with Crippen LogP contribution in [0.25, 0.3) is 16.5 Å².